The average Bonchev–Trinajstić information content (AvgIpc) is 2.45. The lowest BCUT2D eigenvalue weighted by atomic mass is 9.87. The van der Waals surface area contributed by atoms with Crippen LogP contribution in [0.4, 0.5) is 5.69 Å². The Hall–Kier alpha value is -1.96. The zero-order valence-corrected chi connectivity index (χ0v) is 12.7. The lowest BCUT2D eigenvalue weighted by Gasteiger charge is -2.19. The van der Waals surface area contributed by atoms with E-state index in [1.807, 2.05) is 31.3 Å². The molecular weight excluding hydrogens is 246 g/mol. The van der Waals surface area contributed by atoms with Crippen LogP contribution in [0.5, 0.6) is 5.75 Å². The van der Waals surface area contributed by atoms with Crippen LogP contribution in [0.2, 0.25) is 0 Å². The molecule has 0 aliphatic heterocycles. The van der Waals surface area contributed by atoms with Gasteiger partial charge < -0.3 is 10.1 Å². The van der Waals surface area contributed by atoms with Crippen molar-refractivity contribution in [3.63, 3.8) is 0 Å². The van der Waals surface area contributed by atoms with Crippen molar-refractivity contribution in [2.45, 2.75) is 32.8 Å². The van der Waals surface area contributed by atoms with Crippen LogP contribution in [0.1, 0.15) is 31.9 Å². The zero-order valence-electron chi connectivity index (χ0n) is 12.7. The van der Waals surface area contributed by atoms with Gasteiger partial charge in [-0.25, -0.2) is 0 Å². The van der Waals surface area contributed by atoms with Crippen molar-refractivity contribution >= 4 is 5.69 Å². The molecule has 2 aromatic carbocycles. The molecule has 0 atom stereocenters. The lowest BCUT2D eigenvalue weighted by Crippen LogP contribution is -2.10. The van der Waals surface area contributed by atoms with Crippen molar-refractivity contribution in [2.75, 3.05) is 12.4 Å². The van der Waals surface area contributed by atoms with Crippen molar-refractivity contribution in [2.24, 2.45) is 0 Å². The Labute approximate surface area is 121 Å². The fraction of sp³-hybridized carbons (Fsp3) is 0.333. The van der Waals surface area contributed by atoms with Crippen LogP contribution < -0.4 is 10.1 Å². The van der Waals surface area contributed by atoms with Gasteiger partial charge in [-0.15, -0.1) is 0 Å². The van der Waals surface area contributed by atoms with Crippen molar-refractivity contribution in [1.82, 2.24) is 0 Å². The van der Waals surface area contributed by atoms with Gasteiger partial charge in [0.1, 0.15) is 12.4 Å². The summed E-state index contributed by atoms with van der Waals surface area (Å²) in [6.45, 7) is 7.27. The van der Waals surface area contributed by atoms with E-state index in [1.54, 1.807) is 0 Å². The molecule has 0 fully saturated rings. The number of ether oxygens (including phenoxy) is 1. The molecule has 0 amide bonds. The third-order valence-corrected chi connectivity index (χ3v) is 3.37. The minimum Gasteiger partial charge on any atom is -0.489 e. The third-order valence-electron chi connectivity index (χ3n) is 3.37. The molecule has 0 radical (unpaired) electrons. The highest BCUT2D eigenvalue weighted by molar-refractivity contribution is 5.45. The van der Waals surface area contributed by atoms with Crippen LogP contribution in [0.3, 0.4) is 0 Å². The highest BCUT2D eigenvalue weighted by Gasteiger charge is 2.12. The summed E-state index contributed by atoms with van der Waals surface area (Å²) in [5, 5.41) is 3.09. The Kier molecular flexibility index (Phi) is 4.33. The number of anilines is 1. The van der Waals surface area contributed by atoms with E-state index in [2.05, 4.69) is 50.4 Å². The quantitative estimate of drug-likeness (QED) is 0.875. The molecule has 0 unspecified atom stereocenters. The molecule has 106 valence electrons. The molecule has 1 N–H and O–H groups in total. The molecule has 0 aliphatic carbocycles. The predicted molar refractivity (Wildman–Crippen MR) is 85.5 cm³/mol. The van der Waals surface area contributed by atoms with Crippen LogP contribution in [-0.4, -0.2) is 7.05 Å². The van der Waals surface area contributed by atoms with E-state index in [9.17, 15) is 0 Å². The first-order valence-electron chi connectivity index (χ1n) is 6.99. The number of benzene rings is 2. The van der Waals surface area contributed by atoms with Gasteiger partial charge in [-0.2, -0.15) is 0 Å². The third kappa shape index (κ3) is 3.77. The average molecular weight is 269 g/mol. The molecule has 20 heavy (non-hydrogen) atoms. The second-order valence-corrected chi connectivity index (χ2v) is 6.01. The molecule has 0 saturated heterocycles. The second-order valence-electron chi connectivity index (χ2n) is 6.01. The van der Waals surface area contributed by atoms with Gasteiger partial charge in [0.25, 0.3) is 0 Å². The van der Waals surface area contributed by atoms with Crippen LogP contribution in [0.25, 0.3) is 0 Å². The molecule has 0 bridgehead atoms. The van der Waals surface area contributed by atoms with Crippen molar-refractivity contribution in [3.05, 3.63) is 59.7 Å². The van der Waals surface area contributed by atoms with Crippen LogP contribution in [0, 0.1) is 0 Å². The maximum Gasteiger partial charge on any atom is 0.119 e. The van der Waals surface area contributed by atoms with Gasteiger partial charge in [0.2, 0.25) is 0 Å². The van der Waals surface area contributed by atoms with Crippen LogP contribution in [-0.2, 0) is 12.0 Å². The first kappa shape index (κ1) is 14.4. The summed E-state index contributed by atoms with van der Waals surface area (Å²) in [7, 11) is 1.91. The summed E-state index contributed by atoms with van der Waals surface area (Å²) in [4.78, 5) is 0. The summed E-state index contributed by atoms with van der Waals surface area (Å²) < 4.78 is 5.79. The Morgan fingerprint density at radius 3 is 2.00 bits per heavy atom. The van der Waals surface area contributed by atoms with Gasteiger partial charge in [0.05, 0.1) is 0 Å². The van der Waals surface area contributed by atoms with Gasteiger partial charge >= 0.3 is 0 Å². The molecule has 0 spiro atoms. The van der Waals surface area contributed by atoms with Gasteiger partial charge in [-0.3, -0.25) is 0 Å². The molecular formula is C18H23NO. The fourth-order valence-electron chi connectivity index (χ4n) is 1.99. The summed E-state index contributed by atoms with van der Waals surface area (Å²) in [5.41, 5.74) is 3.82. The summed E-state index contributed by atoms with van der Waals surface area (Å²) in [5.74, 6) is 0.892. The topological polar surface area (TPSA) is 21.3 Å². The van der Waals surface area contributed by atoms with E-state index < -0.39 is 0 Å². The van der Waals surface area contributed by atoms with Gasteiger partial charge in [0.15, 0.2) is 0 Å². The first-order valence-corrected chi connectivity index (χ1v) is 6.99. The Bertz CT molecular complexity index is 535. The fourth-order valence-corrected chi connectivity index (χ4v) is 1.99. The molecule has 0 aliphatic rings. The maximum atomic E-state index is 5.79. The molecule has 2 heteroatoms. The van der Waals surface area contributed by atoms with E-state index >= 15 is 0 Å². The number of nitrogens with one attached hydrogen (secondary N) is 1. The highest BCUT2D eigenvalue weighted by Crippen LogP contribution is 2.23. The largest absolute Gasteiger partial charge is 0.489 e. The molecule has 0 saturated carbocycles. The smallest absolute Gasteiger partial charge is 0.119 e. The van der Waals surface area contributed by atoms with E-state index in [-0.39, 0.29) is 5.41 Å². The second kappa shape index (κ2) is 6.00. The van der Waals surface area contributed by atoms with Crippen LogP contribution >= 0.6 is 0 Å². The lowest BCUT2D eigenvalue weighted by molar-refractivity contribution is 0.306. The standard InChI is InChI=1S/C18H23NO/c1-18(2,3)15-7-5-14(6-8-15)13-20-17-11-9-16(19-4)10-12-17/h5-12,19H,13H2,1-4H3. The van der Waals surface area contributed by atoms with Gasteiger partial charge in [0, 0.05) is 12.7 Å². The number of hydrogen-bond donors (Lipinski definition) is 1. The number of rotatable bonds is 4. The molecule has 0 aromatic heterocycles. The van der Waals surface area contributed by atoms with Crippen molar-refractivity contribution in [1.29, 1.82) is 0 Å². The highest BCUT2D eigenvalue weighted by atomic mass is 16.5. The summed E-state index contributed by atoms with van der Waals surface area (Å²) in [6.07, 6.45) is 0. The van der Waals surface area contributed by atoms with Gasteiger partial charge in [-0.05, 0) is 40.8 Å². The molecule has 2 rings (SSSR count). The monoisotopic (exact) mass is 269 g/mol. The molecule has 2 aromatic rings. The van der Waals surface area contributed by atoms with Crippen molar-refractivity contribution in [3.8, 4) is 5.75 Å². The Morgan fingerprint density at radius 1 is 0.900 bits per heavy atom. The Morgan fingerprint density at radius 2 is 1.50 bits per heavy atom. The minimum atomic E-state index is 0.197. The zero-order chi connectivity index (χ0) is 14.6. The molecule has 0 heterocycles. The first-order chi connectivity index (χ1) is 9.49. The minimum absolute atomic E-state index is 0.197. The van der Waals surface area contributed by atoms with E-state index in [1.165, 1.54) is 11.1 Å². The SMILES string of the molecule is CNc1ccc(OCc2ccc(C(C)(C)C)cc2)cc1. The summed E-state index contributed by atoms with van der Waals surface area (Å²) in [6, 6.07) is 16.6. The van der Waals surface area contributed by atoms with Crippen LogP contribution in [0.15, 0.2) is 48.5 Å². The molecule has 2 nitrogen and oxygen atoms in total. The predicted octanol–water partition coefficient (Wildman–Crippen LogP) is 4.60. The maximum absolute atomic E-state index is 5.79. The normalized spacial score (nSPS) is 11.2. The Balaban J connectivity index is 1.96. The van der Waals surface area contributed by atoms with E-state index in [0.29, 0.717) is 6.61 Å². The van der Waals surface area contributed by atoms with Gasteiger partial charge in [-0.1, -0.05) is 45.0 Å². The van der Waals surface area contributed by atoms with Crippen molar-refractivity contribution < 1.29 is 4.74 Å². The number of hydrogen-bond acceptors (Lipinski definition) is 2. The van der Waals surface area contributed by atoms with E-state index in [0.717, 1.165) is 11.4 Å². The summed E-state index contributed by atoms with van der Waals surface area (Å²) >= 11 is 0. The van der Waals surface area contributed by atoms with E-state index in [4.69, 9.17) is 4.74 Å².